The van der Waals surface area contributed by atoms with E-state index >= 15 is 0 Å². The van der Waals surface area contributed by atoms with E-state index in [2.05, 4.69) is 0 Å². The first-order chi connectivity index (χ1) is 14.8. The largest absolute Gasteiger partial charge is 0.393 e. The smallest absolute Gasteiger partial charge is 0.259 e. The average molecular weight is 423 g/mol. The van der Waals surface area contributed by atoms with Gasteiger partial charge in [0.2, 0.25) is 0 Å². The molecular weight excluding hydrogens is 397 g/mol. The summed E-state index contributed by atoms with van der Waals surface area (Å²) < 4.78 is 20.9. The van der Waals surface area contributed by atoms with Crippen LogP contribution in [-0.2, 0) is 4.74 Å². The van der Waals surface area contributed by atoms with Crippen molar-refractivity contribution in [3.8, 4) is 11.1 Å². The number of ether oxygens (including phenoxy) is 1. The lowest BCUT2D eigenvalue weighted by molar-refractivity contribution is -0.175. The molecule has 0 spiro atoms. The molecule has 31 heavy (non-hydrogen) atoms. The Labute approximate surface area is 180 Å². The maximum absolute atomic E-state index is 13.6. The molecule has 1 fully saturated rings. The molecular formula is C25H26FNO4. The highest BCUT2D eigenvalue weighted by Crippen LogP contribution is 2.33. The normalized spacial score (nSPS) is 21.9. The fraction of sp³-hybridized carbons (Fsp3) is 0.320. The Morgan fingerprint density at radius 1 is 1.06 bits per heavy atom. The summed E-state index contributed by atoms with van der Waals surface area (Å²) in [7, 11) is 0. The predicted octanol–water partition coefficient (Wildman–Crippen LogP) is 4.26. The van der Waals surface area contributed by atoms with E-state index in [0.29, 0.717) is 17.5 Å². The Bertz CT molecular complexity index is 1160. The highest BCUT2D eigenvalue weighted by molar-refractivity contribution is 5.99. The summed E-state index contributed by atoms with van der Waals surface area (Å²) in [6.07, 6.45) is 1.94. The van der Waals surface area contributed by atoms with Gasteiger partial charge in [-0.05, 0) is 49.1 Å². The van der Waals surface area contributed by atoms with Gasteiger partial charge in [0.1, 0.15) is 5.82 Å². The summed E-state index contributed by atoms with van der Waals surface area (Å²) in [5.74, 6) is -0.332. The zero-order valence-corrected chi connectivity index (χ0v) is 17.5. The Kier molecular flexibility index (Phi) is 6.05. The summed E-state index contributed by atoms with van der Waals surface area (Å²) >= 11 is 0. The maximum Gasteiger partial charge on any atom is 0.259 e. The van der Waals surface area contributed by atoms with E-state index in [0.717, 1.165) is 16.5 Å². The molecule has 0 amide bonds. The molecule has 0 aliphatic carbocycles. The van der Waals surface area contributed by atoms with E-state index in [-0.39, 0.29) is 23.8 Å². The second kappa shape index (κ2) is 8.75. The van der Waals surface area contributed by atoms with E-state index in [9.17, 15) is 19.4 Å². The predicted molar refractivity (Wildman–Crippen MR) is 119 cm³/mol. The molecule has 5 nitrogen and oxygen atoms in total. The third kappa shape index (κ3) is 4.32. The lowest BCUT2D eigenvalue weighted by Crippen LogP contribution is -2.34. The van der Waals surface area contributed by atoms with Crippen molar-refractivity contribution in [3.63, 3.8) is 0 Å². The van der Waals surface area contributed by atoms with Crippen LogP contribution in [-0.4, -0.2) is 33.3 Å². The molecule has 2 aromatic carbocycles. The van der Waals surface area contributed by atoms with Crippen molar-refractivity contribution >= 4 is 16.8 Å². The molecule has 162 valence electrons. The molecule has 0 saturated carbocycles. The number of hydrogen-bond acceptors (Lipinski definition) is 4. The van der Waals surface area contributed by atoms with Gasteiger partial charge in [0.05, 0.1) is 17.9 Å². The van der Waals surface area contributed by atoms with Crippen molar-refractivity contribution < 1.29 is 19.3 Å². The Morgan fingerprint density at radius 3 is 2.39 bits per heavy atom. The molecule has 1 unspecified atom stereocenters. The lowest BCUT2D eigenvalue weighted by Gasteiger charge is -2.28. The van der Waals surface area contributed by atoms with Gasteiger partial charge in [0.15, 0.2) is 6.29 Å². The average Bonchev–Trinajstić information content (AvgIpc) is 2.72. The van der Waals surface area contributed by atoms with E-state index in [1.807, 2.05) is 38.1 Å². The second-order valence-electron chi connectivity index (χ2n) is 8.20. The third-order valence-corrected chi connectivity index (χ3v) is 5.59. The number of pyridine rings is 1. The summed E-state index contributed by atoms with van der Waals surface area (Å²) in [5, 5.41) is 21.2. The van der Waals surface area contributed by atoms with Crippen LogP contribution >= 0.6 is 0 Å². The molecule has 0 radical (unpaired) electrons. The van der Waals surface area contributed by atoms with Gasteiger partial charge in [-0.25, -0.2) is 4.39 Å². The lowest BCUT2D eigenvalue weighted by atomic mass is 9.95. The van der Waals surface area contributed by atoms with Crippen molar-refractivity contribution in [2.24, 2.45) is 0 Å². The van der Waals surface area contributed by atoms with Crippen molar-refractivity contribution in [2.45, 2.75) is 51.2 Å². The monoisotopic (exact) mass is 423 g/mol. The Balaban J connectivity index is 1.96. The second-order valence-corrected chi connectivity index (χ2v) is 8.20. The van der Waals surface area contributed by atoms with Crippen LogP contribution in [0.15, 0.2) is 59.4 Å². The fourth-order valence-electron chi connectivity index (χ4n) is 4.21. The number of aromatic nitrogens is 1. The van der Waals surface area contributed by atoms with E-state index in [1.54, 1.807) is 28.8 Å². The van der Waals surface area contributed by atoms with Gasteiger partial charge in [-0.2, -0.15) is 0 Å². The molecule has 6 heteroatoms. The molecule has 1 aliphatic rings. The van der Waals surface area contributed by atoms with Crippen LogP contribution in [0, 0.1) is 5.82 Å². The van der Waals surface area contributed by atoms with Crippen LogP contribution in [0.1, 0.15) is 38.4 Å². The molecule has 1 aromatic heterocycles. The summed E-state index contributed by atoms with van der Waals surface area (Å²) in [4.78, 5) is 13.3. The van der Waals surface area contributed by atoms with E-state index < -0.39 is 18.5 Å². The van der Waals surface area contributed by atoms with Gasteiger partial charge in [-0.3, -0.25) is 4.79 Å². The molecule has 1 saturated heterocycles. The van der Waals surface area contributed by atoms with E-state index in [1.165, 1.54) is 12.1 Å². The first-order valence-corrected chi connectivity index (χ1v) is 10.5. The van der Waals surface area contributed by atoms with Crippen LogP contribution in [0.3, 0.4) is 0 Å². The molecule has 3 atom stereocenters. The minimum absolute atomic E-state index is 0.110. The van der Waals surface area contributed by atoms with Gasteiger partial charge in [0, 0.05) is 29.8 Å². The quantitative estimate of drug-likeness (QED) is 0.658. The van der Waals surface area contributed by atoms with Crippen molar-refractivity contribution in [3.05, 3.63) is 76.5 Å². The number of nitrogens with zero attached hydrogens (tertiary/aromatic N) is 1. The maximum atomic E-state index is 13.6. The minimum Gasteiger partial charge on any atom is -0.393 e. The van der Waals surface area contributed by atoms with Crippen LogP contribution in [0.4, 0.5) is 4.39 Å². The SMILES string of the molecule is CC(C)n1c(C=C[C@@H]2C[C@@H](O)CC(O)O2)c(-c2ccc(F)cc2)c2ccccc2c1=O. The first-order valence-electron chi connectivity index (χ1n) is 10.5. The number of aliphatic hydroxyl groups excluding tert-OH is 2. The van der Waals surface area contributed by atoms with Gasteiger partial charge in [-0.15, -0.1) is 0 Å². The molecule has 1 aliphatic heterocycles. The van der Waals surface area contributed by atoms with Crippen molar-refractivity contribution in [1.82, 2.24) is 4.57 Å². The van der Waals surface area contributed by atoms with Crippen LogP contribution in [0.25, 0.3) is 28.0 Å². The fourth-order valence-corrected chi connectivity index (χ4v) is 4.21. The molecule has 2 heterocycles. The molecule has 3 aromatic rings. The van der Waals surface area contributed by atoms with Crippen molar-refractivity contribution in [2.75, 3.05) is 0 Å². The molecule has 4 rings (SSSR count). The zero-order valence-electron chi connectivity index (χ0n) is 17.5. The topological polar surface area (TPSA) is 71.7 Å². The molecule has 2 N–H and O–H groups in total. The first kappa shape index (κ1) is 21.4. The van der Waals surface area contributed by atoms with E-state index in [4.69, 9.17) is 4.74 Å². The van der Waals surface area contributed by atoms with Gasteiger partial charge in [-0.1, -0.05) is 36.4 Å². The van der Waals surface area contributed by atoms with Crippen LogP contribution in [0.2, 0.25) is 0 Å². The number of halogens is 1. The van der Waals surface area contributed by atoms with Crippen molar-refractivity contribution in [1.29, 1.82) is 0 Å². The number of rotatable bonds is 4. The summed E-state index contributed by atoms with van der Waals surface area (Å²) in [5.41, 5.74) is 2.16. The van der Waals surface area contributed by atoms with Gasteiger partial charge >= 0.3 is 0 Å². The number of benzene rings is 2. The third-order valence-electron chi connectivity index (χ3n) is 5.59. The minimum atomic E-state index is -1.03. The number of fused-ring (bicyclic) bond motifs is 1. The molecule has 0 bridgehead atoms. The summed E-state index contributed by atoms with van der Waals surface area (Å²) in [6, 6.07) is 13.5. The van der Waals surface area contributed by atoms with Crippen LogP contribution < -0.4 is 5.56 Å². The van der Waals surface area contributed by atoms with Gasteiger partial charge < -0.3 is 19.5 Å². The van der Waals surface area contributed by atoms with Gasteiger partial charge in [0.25, 0.3) is 5.56 Å². The highest BCUT2D eigenvalue weighted by Gasteiger charge is 2.26. The number of aliphatic hydroxyl groups is 2. The summed E-state index contributed by atoms with van der Waals surface area (Å²) in [6.45, 7) is 3.87. The highest BCUT2D eigenvalue weighted by atomic mass is 19.1. The Hall–Kier alpha value is -2.80. The number of hydrogen-bond donors (Lipinski definition) is 2. The van der Waals surface area contributed by atoms with Crippen LogP contribution in [0.5, 0.6) is 0 Å². The zero-order chi connectivity index (χ0) is 22.1. The Morgan fingerprint density at radius 2 is 1.74 bits per heavy atom. The standard InChI is InChI=1S/C25H26FNO4/c1-15(2)27-22(12-11-19-13-18(28)14-23(29)31-19)24(16-7-9-17(26)10-8-16)20-5-3-4-6-21(20)25(27)30/h3-12,15,18-19,23,28-29H,13-14H2,1-2H3/t18-,19-,23?/m1/s1.